The van der Waals surface area contributed by atoms with E-state index in [9.17, 15) is 9.59 Å². The number of fused-ring (bicyclic) bond motifs is 1. The van der Waals surface area contributed by atoms with Crippen LogP contribution >= 0.6 is 11.8 Å². The van der Waals surface area contributed by atoms with E-state index in [1.165, 1.54) is 13.4 Å². The largest absolute Gasteiger partial charge is 0.497 e. The molecule has 0 aliphatic rings. The SMILES string of the molecule is COc1ccc(NC(=O)CSc2nc3nc[nH]c3c(=O)[nH]2)c(OC)c1. The molecule has 2 aromatic heterocycles. The summed E-state index contributed by atoms with van der Waals surface area (Å²) in [4.78, 5) is 37.4. The molecule has 0 unspecified atom stereocenters. The van der Waals surface area contributed by atoms with E-state index in [4.69, 9.17) is 9.47 Å². The molecule has 3 N–H and O–H groups in total. The number of amides is 1. The molecule has 1 aromatic carbocycles. The number of benzene rings is 1. The van der Waals surface area contributed by atoms with Crippen LogP contribution in [0.2, 0.25) is 0 Å². The number of imidazole rings is 1. The Morgan fingerprint density at radius 3 is 2.92 bits per heavy atom. The van der Waals surface area contributed by atoms with Gasteiger partial charge in [-0.3, -0.25) is 14.6 Å². The van der Waals surface area contributed by atoms with Crippen molar-refractivity contribution in [2.75, 3.05) is 25.3 Å². The highest BCUT2D eigenvalue weighted by atomic mass is 32.2. The number of rotatable bonds is 6. The molecule has 0 bridgehead atoms. The number of aromatic nitrogens is 4. The minimum atomic E-state index is -0.331. The second kappa shape index (κ2) is 7.26. The molecule has 0 aliphatic heterocycles. The van der Waals surface area contributed by atoms with Gasteiger partial charge in [0.25, 0.3) is 5.56 Å². The topological polar surface area (TPSA) is 122 Å². The van der Waals surface area contributed by atoms with Crippen LogP contribution in [-0.2, 0) is 4.79 Å². The lowest BCUT2D eigenvalue weighted by Gasteiger charge is -2.11. The molecule has 3 aromatic rings. The smallest absolute Gasteiger partial charge is 0.277 e. The normalized spacial score (nSPS) is 10.6. The summed E-state index contributed by atoms with van der Waals surface area (Å²) in [5, 5.41) is 3.07. The first-order chi connectivity index (χ1) is 12.1. The number of methoxy groups -OCH3 is 2. The first kappa shape index (κ1) is 16.8. The summed E-state index contributed by atoms with van der Waals surface area (Å²) in [6.45, 7) is 0. The Balaban J connectivity index is 1.67. The second-order valence-electron chi connectivity index (χ2n) is 4.88. The van der Waals surface area contributed by atoms with Gasteiger partial charge in [0.1, 0.15) is 11.5 Å². The van der Waals surface area contributed by atoms with Gasteiger partial charge < -0.3 is 19.8 Å². The first-order valence-corrected chi connectivity index (χ1v) is 8.17. The van der Waals surface area contributed by atoms with E-state index in [1.807, 2.05) is 0 Å². The maximum Gasteiger partial charge on any atom is 0.277 e. The molecule has 0 spiro atoms. The number of anilines is 1. The van der Waals surface area contributed by atoms with Gasteiger partial charge in [0, 0.05) is 6.07 Å². The summed E-state index contributed by atoms with van der Waals surface area (Å²) in [5.41, 5.74) is 0.806. The van der Waals surface area contributed by atoms with Crippen LogP contribution in [0.4, 0.5) is 5.69 Å². The monoisotopic (exact) mass is 361 g/mol. The van der Waals surface area contributed by atoms with Crippen molar-refractivity contribution < 1.29 is 14.3 Å². The third-order valence-corrected chi connectivity index (χ3v) is 4.17. The Kier molecular flexibility index (Phi) is 4.89. The number of nitrogens with one attached hydrogen (secondary N) is 3. The van der Waals surface area contributed by atoms with Gasteiger partial charge in [-0.1, -0.05) is 11.8 Å². The molecule has 1 amide bonds. The van der Waals surface area contributed by atoms with Crippen LogP contribution in [0.5, 0.6) is 11.5 Å². The molecule has 9 nitrogen and oxygen atoms in total. The van der Waals surface area contributed by atoms with Crippen molar-refractivity contribution in [3.8, 4) is 11.5 Å². The number of carbonyl (C=O) groups excluding carboxylic acids is 1. The minimum Gasteiger partial charge on any atom is -0.497 e. The summed E-state index contributed by atoms with van der Waals surface area (Å²) >= 11 is 1.10. The first-order valence-electron chi connectivity index (χ1n) is 7.19. The van der Waals surface area contributed by atoms with E-state index < -0.39 is 0 Å². The fourth-order valence-electron chi connectivity index (χ4n) is 2.11. The van der Waals surface area contributed by atoms with Crippen LogP contribution in [0.25, 0.3) is 11.2 Å². The quantitative estimate of drug-likeness (QED) is 0.448. The molecule has 0 atom stereocenters. The van der Waals surface area contributed by atoms with E-state index in [0.29, 0.717) is 33.5 Å². The molecule has 0 saturated heterocycles. The summed E-state index contributed by atoms with van der Waals surface area (Å²) in [6.07, 6.45) is 1.39. The van der Waals surface area contributed by atoms with Crippen molar-refractivity contribution in [1.82, 2.24) is 19.9 Å². The van der Waals surface area contributed by atoms with Crippen molar-refractivity contribution in [1.29, 1.82) is 0 Å². The highest BCUT2D eigenvalue weighted by Crippen LogP contribution is 2.29. The molecule has 0 fully saturated rings. The maximum atomic E-state index is 12.1. The van der Waals surface area contributed by atoms with Crippen LogP contribution in [0.3, 0.4) is 0 Å². The van der Waals surface area contributed by atoms with E-state index >= 15 is 0 Å². The molecule has 0 saturated carbocycles. The van der Waals surface area contributed by atoms with Crippen molar-refractivity contribution in [2.45, 2.75) is 5.16 Å². The zero-order valence-electron chi connectivity index (χ0n) is 13.5. The average Bonchev–Trinajstić information content (AvgIpc) is 3.09. The van der Waals surface area contributed by atoms with Crippen LogP contribution < -0.4 is 20.3 Å². The molecule has 25 heavy (non-hydrogen) atoms. The van der Waals surface area contributed by atoms with Gasteiger partial charge in [-0.05, 0) is 12.1 Å². The number of hydrogen-bond acceptors (Lipinski definition) is 7. The third-order valence-electron chi connectivity index (χ3n) is 3.30. The van der Waals surface area contributed by atoms with Crippen molar-refractivity contribution in [3.63, 3.8) is 0 Å². The summed E-state index contributed by atoms with van der Waals surface area (Å²) < 4.78 is 10.3. The lowest BCUT2D eigenvalue weighted by Crippen LogP contribution is -2.16. The van der Waals surface area contributed by atoms with E-state index in [2.05, 4.69) is 25.3 Å². The van der Waals surface area contributed by atoms with Gasteiger partial charge >= 0.3 is 0 Å². The Hall–Kier alpha value is -3.01. The number of aromatic amines is 2. The summed E-state index contributed by atoms with van der Waals surface area (Å²) in [5.74, 6) is 0.910. The maximum absolute atomic E-state index is 12.1. The van der Waals surface area contributed by atoms with Gasteiger partial charge in [0.15, 0.2) is 16.3 Å². The van der Waals surface area contributed by atoms with Gasteiger partial charge in [-0.15, -0.1) is 0 Å². The number of H-pyrrole nitrogens is 2. The van der Waals surface area contributed by atoms with Crippen molar-refractivity contribution >= 4 is 34.5 Å². The van der Waals surface area contributed by atoms with Crippen LogP contribution in [0.1, 0.15) is 0 Å². The molecule has 3 rings (SSSR count). The van der Waals surface area contributed by atoms with Gasteiger partial charge in [-0.2, -0.15) is 0 Å². The number of ether oxygens (including phenoxy) is 2. The summed E-state index contributed by atoms with van der Waals surface area (Å²) in [7, 11) is 3.06. The Morgan fingerprint density at radius 2 is 2.16 bits per heavy atom. The summed E-state index contributed by atoms with van der Waals surface area (Å²) in [6, 6.07) is 5.08. The average molecular weight is 361 g/mol. The molecule has 10 heteroatoms. The standard InChI is InChI=1S/C15H15N5O4S/c1-23-8-3-4-9(10(5-8)24-2)18-11(21)6-25-15-19-13-12(14(22)20-15)16-7-17-13/h3-5,7H,6H2,1-2H3,(H,18,21)(H2,16,17,19,20,22). The fourth-order valence-corrected chi connectivity index (χ4v) is 2.77. The lowest BCUT2D eigenvalue weighted by molar-refractivity contribution is -0.113. The van der Waals surface area contributed by atoms with Gasteiger partial charge in [-0.25, -0.2) is 9.97 Å². The molecule has 0 radical (unpaired) electrons. The zero-order valence-corrected chi connectivity index (χ0v) is 14.3. The number of hydrogen-bond donors (Lipinski definition) is 3. The van der Waals surface area contributed by atoms with E-state index in [0.717, 1.165) is 11.8 Å². The number of nitrogens with zero attached hydrogens (tertiary/aromatic N) is 2. The molecule has 0 aliphatic carbocycles. The van der Waals surface area contributed by atoms with Gasteiger partial charge in [0.05, 0.1) is 32.0 Å². The number of thioether (sulfide) groups is 1. The van der Waals surface area contributed by atoms with Crippen molar-refractivity contribution in [2.24, 2.45) is 0 Å². The molecular formula is C15H15N5O4S. The Morgan fingerprint density at radius 1 is 1.32 bits per heavy atom. The Bertz CT molecular complexity index is 968. The van der Waals surface area contributed by atoms with Crippen LogP contribution in [-0.4, -0.2) is 45.8 Å². The van der Waals surface area contributed by atoms with Gasteiger partial charge in [0.2, 0.25) is 5.91 Å². The van der Waals surface area contributed by atoms with E-state index in [-0.39, 0.29) is 17.2 Å². The zero-order chi connectivity index (χ0) is 17.8. The fraction of sp³-hybridized carbons (Fsp3) is 0.200. The van der Waals surface area contributed by atoms with Crippen molar-refractivity contribution in [3.05, 3.63) is 34.9 Å². The Labute approximate surface area is 146 Å². The molecule has 2 heterocycles. The predicted octanol–water partition coefficient (Wildman–Crippen LogP) is 1.39. The number of carbonyl (C=O) groups is 1. The molecule has 130 valence electrons. The van der Waals surface area contributed by atoms with E-state index in [1.54, 1.807) is 25.3 Å². The highest BCUT2D eigenvalue weighted by Gasteiger charge is 2.11. The second-order valence-corrected chi connectivity index (χ2v) is 5.84. The molecular weight excluding hydrogens is 346 g/mol. The minimum absolute atomic E-state index is 0.0635. The lowest BCUT2D eigenvalue weighted by atomic mass is 10.2. The predicted molar refractivity (Wildman–Crippen MR) is 93.4 cm³/mol. The van der Waals surface area contributed by atoms with Crippen LogP contribution in [0, 0.1) is 0 Å². The van der Waals surface area contributed by atoms with Crippen LogP contribution in [0.15, 0.2) is 34.5 Å². The third kappa shape index (κ3) is 3.74. The highest BCUT2D eigenvalue weighted by molar-refractivity contribution is 7.99.